The van der Waals surface area contributed by atoms with Gasteiger partial charge in [0.1, 0.15) is 5.75 Å². The summed E-state index contributed by atoms with van der Waals surface area (Å²) in [5.74, 6) is 1.67. The Hall–Kier alpha value is -0.500. The number of halogens is 1. The summed E-state index contributed by atoms with van der Waals surface area (Å²) in [5, 5.41) is 0. The quantitative estimate of drug-likeness (QED) is 0.750. The molecule has 2 heteroatoms. The molecule has 1 nitrogen and oxygen atoms in total. The predicted octanol–water partition coefficient (Wildman–Crippen LogP) is 4.27. The lowest BCUT2D eigenvalue weighted by atomic mass is 9.98. The van der Waals surface area contributed by atoms with Gasteiger partial charge in [0.05, 0.1) is 7.11 Å². The third-order valence-electron chi connectivity index (χ3n) is 2.84. The summed E-state index contributed by atoms with van der Waals surface area (Å²) in [6.45, 7) is 8.70. The topological polar surface area (TPSA) is 9.23 Å². The molecule has 0 aliphatic carbocycles. The normalized spacial score (nSPS) is 12.9. The zero-order valence-corrected chi connectivity index (χ0v) is 12.4. The first-order valence-corrected chi connectivity index (χ1v) is 6.65. The molecule has 16 heavy (non-hydrogen) atoms. The zero-order chi connectivity index (χ0) is 12.3. The summed E-state index contributed by atoms with van der Waals surface area (Å²) in [6.07, 6.45) is 1.02. The second kappa shape index (κ2) is 5.72. The smallest absolute Gasteiger partial charge is 0.125 e. The summed E-state index contributed by atoms with van der Waals surface area (Å²) in [7, 11) is 1.75. The molecular formula is C14H21BrO. The fraction of sp³-hybridized carbons (Fsp3) is 0.571. The molecule has 1 aromatic rings. The molecule has 0 amide bonds. The van der Waals surface area contributed by atoms with E-state index in [0.29, 0.717) is 10.7 Å². The fourth-order valence-corrected chi connectivity index (χ4v) is 2.28. The van der Waals surface area contributed by atoms with E-state index in [2.05, 4.69) is 55.8 Å². The van der Waals surface area contributed by atoms with E-state index in [1.165, 1.54) is 16.7 Å². The average Bonchev–Trinajstić information content (AvgIpc) is 2.16. The Labute approximate surface area is 107 Å². The largest absolute Gasteiger partial charge is 0.496 e. The number of rotatable bonds is 4. The van der Waals surface area contributed by atoms with Gasteiger partial charge in [-0.15, -0.1) is 0 Å². The molecule has 0 radical (unpaired) electrons. The first kappa shape index (κ1) is 13.6. The van der Waals surface area contributed by atoms with E-state index < -0.39 is 0 Å². The molecule has 0 aromatic heterocycles. The van der Waals surface area contributed by atoms with Crippen molar-refractivity contribution in [3.8, 4) is 5.75 Å². The maximum atomic E-state index is 5.49. The van der Waals surface area contributed by atoms with Crippen LogP contribution >= 0.6 is 15.9 Å². The Kier molecular flexibility index (Phi) is 4.85. The number of aryl methyl sites for hydroxylation is 2. The maximum absolute atomic E-state index is 5.49. The van der Waals surface area contributed by atoms with Gasteiger partial charge in [-0.05, 0) is 37.3 Å². The summed E-state index contributed by atoms with van der Waals surface area (Å²) in [6, 6.07) is 4.39. The van der Waals surface area contributed by atoms with Gasteiger partial charge in [-0.25, -0.2) is 0 Å². The van der Waals surface area contributed by atoms with Crippen LogP contribution in [-0.2, 0) is 6.42 Å². The van der Waals surface area contributed by atoms with E-state index in [9.17, 15) is 0 Å². The van der Waals surface area contributed by atoms with Crippen LogP contribution in [0.5, 0.6) is 5.75 Å². The van der Waals surface area contributed by atoms with Gasteiger partial charge in [0.25, 0.3) is 0 Å². The highest BCUT2D eigenvalue weighted by Gasteiger charge is 2.14. The van der Waals surface area contributed by atoms with Crippen LogP contribution in [0.2, 0.25) is 0 Å². The van der Waals surface area contributed by atoms with Crippen LogP contribution < -0.4 is 4.74 Å². The number of hydrogen-bond donors (Lipinski definition) is 0. The van der Waals surface area contributed by atoms with Gasteiger partial charge in [-0.1, -0.05) is 47.5 Å². The molecule has 1 unspecified atom stereocenters. The van der Waals surface area contributed by atoms with Crippen LogP contribution in [0, 0.1) is 19.8 Å². The molecule has 0 heterocycles. The van der Waals surface area contributed by atoms with Crippen molar-refractivity contribution in [1.29, 1.82) is 0 Å². The number of methoxy groups -OCH3 is 1. The standard InChI is InChI=1S/C14H21BrO/c1-9(2)13(15)8-12-7-10(3)6-11(4)14(12)16-5/h6-7,9,13H,8H2,1-5H3. The molecule has 0 saturated heterocycles. The molecular weight excluding hydrogens is 264 g/mol. The first-order chi connectivity index (χ1) is 7.45. The lowest BCUT2D eigenvalue weighted by Crippen LogP contribution is -2.11. The summed E-state index contributed by atoms with van der Waals surface area (Å²) in [5.41, 5.74) is 3.83. The Balaban J connectivity index is 3.02. The molecule has 0 aliphatic rings. The number of hydrogen-bond acceptors (Lipinski definition) is 1. The van der Waals surface area contributed by atoms with Crippen LogP contribution in [0.15, 0.2) is 12.1 Å². The van der Waals surface area contributed by atoms with Gasteiger partial charge in [-0.2, -0.15) is 0 Å². The SMILES string of the molecule is COc1c(C)cc(C)cc1CC(Br)C(C)C. The highest BCUT2D eigenvalue weighted by atomic mass is 79.9. The first-order valence-electron chi connectivity index (χ1n) is 5.74. The van der Waals surface area contributed by atoms with Crippen LogP contribution in [0.3, 0.4) is 0 Å². The van der Waals surface area contributed by atoms with Gasteiger partial charge in [0, 0.05) is 4.83 Å². The molecule has 1 aromatic carbocycles. The Morgan fingerprint density at radius 1 is 1.25 bits per heavy atom. The minimum absolute atomic E-state index is 0.502. The maximum Gasteiger partial charge on any atom is 0.125 e. The Bertz CT molecular complexity index is 358. The lowest BCUT2D eigenvalue weighted by Gasteiger charge is -2.18. The van der Waals surface area contributed by atoms with E-state index in [1.54, 1.807) is 7.11 Å². The van der Waals surface area contributed by atoms with Crippen molar-refractivity contribution in [2.45, 2.75) is 38.9 Å². The highest BCUT2D eigenvalue weighted by Crippen LogP contribution is 2.29. The predicted molar refractivity (Wildman–Crippen MR) is 73.7 cm³/mol. The van der Waals surface area contributed by atoms with Crippen molar-refractivity contribution in [3.63, 3.8) is 0 Å². The van der Waals surface area contributed by atoms with Crippen molar-refractivity contribution in [2.24, 2.45) is 5.92 Å². The molecule has 0 aliphatic heterocycles. The molecule has 0 bridgehead atoms. The number of ether oxygens (including phenoxy) is 1. The minimum atomic E-state index is 0.502. The molecule has 1 atom stereocenters. The van der Waals surface area contributed by atoms with E-state index >= 15 is 0 Å². The van der Waals surface area contributed by atoms with Crippen LogP contribution in [-0.4, -0.2) is 11.9 Å². The van der Waals surface area contributed by atoms with E-state index in [0.717, 1.165) is 12.2 Å². The van der Waals surface area contributed by atoms with Crippen molar-refractivity contribution < 1.29 is 4.74 Å². The third kappa shape index (κ3) is 3.24. The Morgan fingerprint density at radius 3 is 2.38 bits per heavy atom. The number of benzene rings is 1. The fourth-order valence-electron chi connectivity index (χ4n) is 1.93. The van der Waals surface area contributed by atoms with Crippen molar-refractivity contribution >= 4 is 15.9 Å². The molecule has 0 saturated carbocycles. The number of alkyl halides is 1. The molecule has 0 fully saturated rings. The van der Waals surface area contributed by atoms with E-state index in [4.69, 9.17) is 4.74 Å². The zero-order valence-electron chi connectivity index (χ0n) is 10.8. The highest BCUT2D eigenvalue weighted by molar-refractivity contribution is 9.09. The summed E-state index contributed by atoms with van der Waals surface area (Å²) >= 11 is 3.74. The summed E-state index contributed by atoms with van der Waals surface area (Å²) in [4.78, 5) is 0.502. The van der Waals surface area contributed by atoms with Crippen LogP contribution in [0.25, 0.3) is 0 Å². The van der Waals surface area contributed by atoms with Crippen molar-refractivity contribution in [1.82, 2.24) is 0 Å². The third-order valence-corrected chi connectivity index (χ3v) is 4.22. The van der Waals surface area contributed by atoms with E-state index in [1.807, 2.05) is 0 Å². The van der Waals surface area contributed by atoms with Gasteiger partial charge in [-0.3, -0.25) is 0 Å². The molecule has 0 spiro atoms. The monoisotopic (exact) mass is 284 g/mol. The lowest BCUT2D eigenvalue weighted by molar-refractivity contribution is 0.405. The minimum Gasteiger partial charge on any atom is -0.496 e. The Morgan fingerprint density at radius 2 is 1.88 bits per heavy atom. The molecule has 1 rings (SSSR count). The van der Waals surface area contributed by atoms with Crippen LogP contribution in [0.1, 0.15) is 30.5 Å². The van der Waals surface area contributed by atoms with Crippen LogP contribution in [0.4, 0.5) is 0 Å². The van der Waals surface area contributed by atoms with Crippen molar-refractivity contribution in [2.75, 3.05) is 7.11 Å². The summed E-state index contributed by atoms with van der Waals surface area (Å²) < 4.78 is 5.49. The average molecular weight is 285 g/mol. The van der Waals surface area contributed by atoms with Gasteiger partial charge < -0.3 is 4.74 Å². The van der Waals surface area contributed by atoms with Crippen molar-refractivity contribution in [3.05, 3.63) is 28.8 Å². The molecule has 90 valence electrons. The van der Waals surface area contributed by atoms with E-state index in [-0.39, 0.29) is 0 Å². The second-order valence-electron chi connectivity index (χ2n) is 4.74. The van der Waals surface area contributed by atoms with Gasteiger partial charge in [0.2, 0.25) is 0 Å². The molecule has 0 N–H and O–H groups in total. The van der Waals surface area contributed by atoms with Gasteiger partial charge in [0.15, 0.2) is 0 Å². The second-order valence-corrected chi connectivity index (χ2v) is 5.91. The van der Waals surface area contributed by atoms with Gasteiger partial charge >= 0.3 is 0 Å².